The molecule has 8 heteroatoms. The minimum atomic E-state index is -3.67. The number of nitrogens with two attached hydrogens (primary N) is 1. The SMILES string of the molecule is Cc1oc(C)c(S(=O)(=O)NCc2ccn(C)n2)c1CN. The van der Waals surface area contributed by atoms with Crippen molar-refractivity contribution in [3.05, 3.63) is 35.0 Å². The average Bonchev–Trinajstić information content (AvgIpc) is 2.90. The molecule has 0 amide bonds. The molecule has 0 radical (unpaired) electrons. The maximum absolute atomic E-state index is 12.4. The van der Waals surface area contributed by atoms with Gasteiger partial charge in [-0.15, -0.1) is 0 Å². The normalized spacial score (nSPS) is 12.0. The van der Waals surface area contributed by atoms with Gasteiger partial charge in [0.2, 0.25) is 10.0 Å². The van der Waals surface area contributed by atoms with Crippen LogP contribution in [0.5, 0.6) is 0 Å². The van der Waals surface area contributed by atoms with E-state index >= 15 is 0 Å². The molecule has 0 saturated heterocycles. The molecule has 0 unspecified atom stereocenters. The molecule has 0 fully saturated rings. The van der Waals surface area contributed by atoms with Crippen molar-refractivity contribution in [1.29, 1.82) is 0 Å². The van der Waals surface area contributed by atoms with Crippen LogP contribution in [0, 0.1) is 13.8 Å². The summed E-state index contributed by atoms with van der Waals surface area (Å²) in [5.74, 6) is 0.875. The van der Waals surface area contributed by atoms with Crippen LogP contribution >= 0.6 is 0 Å². The van der Waals surface area contributed by atoms with Crippen LogP contribution in [0.25, 0.3) is 0 Å². The Hall–Kier alpha value is -1.64. The van der Waals surface area contributed by atoms with Crippen molar-refractivity contribution in [3.63, 3.8) is 0 Å². The summed E-state index contributed by atoms with van der Waals surface area (Å²) in [4.78, 5) is 0.133. The fraction of sp³-hybridized carbons (Fsp3) is 0.417. The van der Waals surface area contributed by atoms with E-state index in [2.05, 4.69) is 9.82 Å². The van der Waals surface area contributed by atoms with E-state index in [4.69, 9.17) is 10.2 Å². The van der Waals surface area contributed by atoms with E-state index in [9.17, 15) is 8.42 Å². The monoisotopic (exact) mass is 298 g/mol. The predicted octanol–water partition coefficient (Wildman–Crippen LogP) is 0.567. The van der Waals surface area contributed by atoms with Gasteiger partial charge in [-0.1, -0.05) is 0 Å². The standard InChI is InChI=1S/C12H18N4O3S/c1-8-11(6-13)12(9(2)19-8)20(17,18)14-7-10-4-5-16(3)15-10/h4-5,14H,6-7,13H2,1-3H3. The third-order valence-electron chi connectivity index (χ3n) is 3.01. The van der Waals surface area contributed by atoms with E-state index in [0.29, 0.717) is 22.8 Å². The summed E-state index contributed by atoms with van der Waals surface area (Å²) in [6.07, 6.45) is 1.75. The van der Waals surface area contributed by atoms with Crippen LogP contribution < -0.4 is 10.5 Å². The molecule has 0 aromatic carbocycles. The maximum atomic E-state index is 12.4. The zero-order valence-electron chi connectivity index (χ0n) is 11.7. The van der Waals surface area contributed by atoms with Crippen LogP contribution in [0.4, 0.5) is 0 Å². The Balaban J connectivity index is 2.27. The van der Waals surface area contributed by atoms with Crippen molar-refractivity contribution in [3.8, 4) is 0 Å². The van der Waals surface area contributed by atoms with Crippen LogP contribution in [0.15, 0.2) is 21.6 Å². The topological polar surface area (TPSA) is 103 Å². The minimum Gasteiger partial charge on any atom is -0.465 e. The lowest BCUT2D eigenvalue weighted by Gasteiger charge is -2.06. The zero-order valence-corrected chi connectivity index (χ0v) is 12.5. The molecule has 0 aliphatic rings. The first-order chi connectivity index (χ1) is 9.35. The van der Waals surface area contributed by atoms with Crippen molar-refractivity contribution in [2.24, 2.45) is 12.8 Å². The first-order valence-electron chi connectivity index (χ1n) is 6.12. The second-order valence-electron chi connectivity index (χ2n) is 4.53. The van der Waals surface area contributed by atoms with Crippen LogP contribution in [-0.2, 0) is 30.2 Å². The Bertz CT molecular complexity index is 715. The molecule has 110 valence electrons. The van der Waals surface area contributed by atoms with Crippen molar-refractivity contribution in [1.82, 2.24) is 14.5 Å². The average molecular weight is 298 g/mol. The van der Waals surface area contributed by atoms with Crippen LogP contribution in [0.1, 0.15) is 22.8 Å². The molecular weight excluding hydrogens is 280 g/mol. The maximum Gasteiger partial charge on any atom is 0.244 e. The number of aryl methyl sites for hydroxylation is 3. The number of nitrogens with one attached hydrogen (secondary N) is 1. The summed E-state index contributed by atoms with van der Waals surface area (Å²) < 4.78 is 34.2. The van der Waals surface area contributed by atoms with Gasteiger partial charge in [0, 0.05) is 25.4 Å². The first-order valence-corrected chi connectivity index (χ1v) is 7.60. The smallest absolute Gasteiger partial charge is 0.244 e. The van der Waals surface area contributed by atoms with Gasteiger partial charge in [0.05, 0.1) is 12.2 Å². The molecule has 2 aromatic rings. The number of sulfonamides is 1. The lowest BCUT2D eigenvalue weighted by atomic mass is 10.2. The van der Waals surface area contributed by atoms with Gasteiger partial charge in [-0.3, -0.25) is 4.68 Å². The highest BCUT2D eigenvalue weighted by Gasteiger charge is 2.26. The van der Waals surface area contributed by atoms with Crippen LogP contribution in [-0.4, -0.2) is 18.2 Å². The molecule has 0 atom stereocenters. The third-order valence-corrected chi connectivity index (χ3v) is 4.61. The Morgan fingerprint density at radius 2 is 2.10 bits per heavy atom. The van der Waals surface area contributed by atoms with E-state index in [1.165, 1.54) is 0 Å². The van der Waals surface area contributed by atoms with Gasteiger partial charge in [-0.25, -0.2) is 13.1 Å². The van der Waals surface area contributed by atoms with Gasteiger partial charge in [-0.2, -0.15) is 5.10 Å². The molecule has 0 bridgehead atoms. The van der Waals surface area contributed by atoms with Crippen molar-refractivity contribution >= 4 is 10.0 Å². The van der Waals surface area contributed by atoms with Crippen molar-refractivity contribution in [2.75, 3.05) is 0 Å². The molecule has 2 heterocycles. The van der Waals surface area contributed by atoms with Crippen molar-refractivity contribution in [2.45, 2.75) is 31.8 Å². The molecule has 20 heavy (non-hydrogen) atoms. The molecule has 7 nitrogen and oxygen atoms in total. The summed E-state index contributed by atoms with van der Waals surface area (Å²) >= 11 is 0. The number of nitrogens with zero attached hydrogens (tertiary/aromatic N) is 2. The van der Waals surface area contributed by atoms with E-state index < -0.39 is 10.0 Å². The van der Waals surface area contributed by atoms with Gasteiger partial charge in [0.15, 0.2) is 0 Å². The Labute approximate surface area is 117 Å². The Morgan fingerprint density at radius 1 is 1.40 bits per heavy atom. The highest BCUT2D eigenvalue weighted by atomic mass is 32.2. The third kappa shape index (κ3) is 2.77. The predicted molar refractivity (Wildman–Crippen MR) is 73.3 cm³/mol. The molecule has 0 spiro atoms. The number of aromatic nitrogens is 2. The number of hydrogen-bond acceptors (Lipinski definition) is 5. The summed E-state index contributed by atoms with van der Waals surface area (Å²) in [6.45, 7) is 3.55. The summed E-state index contributed by atoms with van der Waals surface area (Å²) in [5, 5.41) is 4.12. The lowest BCUT2D eigenvalue weighted by molar-refractivity contribution is 0.494. The summed E-state index contributed by atoms with van der Waals surface area (Å²) in [7, 11) is -1.90. The summed E-state index contributed by atoms with van der Waals surface area (Å²) in [6, 6.07) is 1.75. The largest absolute Gasteiger partial charge is 0.465 e. The number of rotatable bonds is 5. The molecule has 3 N–H and O–H groups in total. The van der Waals surface area contributed by atoms with Gasteiger partial charge < -0.3 is 10.2 Å². The molecule has 0 saturated carbocycles. The van der Waals surface area contributed by atoms with E-state index in [1.54, 1.807) is 37.8 Å². The van der Waals surface area contributed by atoms with E-state index in [0.717, 1.165) is 0 Å². The highest BCUT2D eigenvalue weighted by molar-refractivity contribution is 7.89. The van der Waals surface area contributed by atoms with Crippen molar-refractivity contribution < 1.29 is 12.8 Å². The number of furan rings is 1. The van der Waals surface area contributed by atoms with Gasteiger partial charge in [0.1, 0.15) is 16.4 Å². The van der Waals surface area contributed by atoms with E-state index in [1.807, 2.05) is 0 Å². The number of hydrogen-bond donors (Lipinski definition) is 2. The van der Waals surface area contributed by atoms with Gasteiger partial charge >= 0.3 is 0 Å². The second-order valence-corrected chi connectivity index (χ2v) is 6.24. The summed E-state index contributed by atoms with van der Waals surface area (Å²) in [5.41, 5.74) is 6.76. The molecule has 0 aliphatic heterocycles. The van der Waals surface area contributed by atoms with Crippen LogP contribution in [0.2, 0.25) is 0 Å². The molecule has 0 aliphatic carbocycles. The van der Waals surface area contributed by atoms with Crippen LogP contribution in [0.3, 0.4) is 0 Å². The molecular formula is C12H18N4O3S. The zero-order chi connectivity index (χ0) is 14.9. The lowest BCUT2D eigenvalue weighted by Crippen LogP contribution is -2.25. The second kappa shape index (κ2) is 5.39. The highest BCUT2D eigenvalue weighted by Crippen LogP contribution is 2.26. The Kier molecular flexibility index (Phi) is 3.98. The molecule has 2 aromatic heterocycles. The van der Waals surface area contributed by atoms with Gasteiger partial charge in [0.25, 0.3) is 0 Å². The molecule has 2 rings (SSSR count). The van der Waals surface area contributed by atoms with Gasteiger partial charge in [-0.05, 0) is 19.9 Å². The quantitative estimate of drug-likeness (QED) is 0.840. The van der Waals surface area contributed by atoms with E-state index in [-0.39, 0.29) is 18.0 Å². The fourth-order valence-corrected chi connectivity index (χ4v) is 3.55. The Morgan fingerprint density at radius 3 is 2.65 bits per heavy atom. The fourth-order valence-electron chi connectivity index (χ4n) is 2.10. The first kappa shape index (κ1) is 14.8. The minimum absolute atomic E-state index is 0.114.